The van der Waals surface area contributed by atoms with Gasteiger partial charge in [-0.3, -0.25) is 4.79 Å². The average Bonchev–Trinajstić information content (AvgIpc) is 2.85. The minimum atomic E-state index is 0.259. The normalized spacial score (nSPS) is 15.9. The van der Waals surface area contributed by atoms with E-state index in [1.807, 2.05) is 0 Å². The van der Waals surface area contributed by atoms with Crippen molar-refractivity contribution >= 4 is 29.0 Å². The maximum Gasteiger partial charge on any atom is 0.139 e. The standard InChI is InChI=1S/C14H16Cl2O2/c15-11-5-6-14(12(16)9-11)18-8-7-13(17)10-3-1-2-4-10/h5-6,9-10H,1-4,7-8H2. The van der Waals surface area contributed by atoms with Crippen molar-refractivity contribution in [1.82, 2.24) is 0 Å². The van der Waals surface area contributed by atoms with Crippen molar-refractivity contribution in [3.8, 4) is 5.75 Å². The van der Waals surface area contributed by atoms with Crippen LogP contribution in [0, 0.1) is 5.92 Å². The maximum atomic E-state index is 11.8. The Kier molecular flexibility index (Phi) is 4.90. The van der Waals surface area contributed by atoms with Gasteiger partial charge in [-0.2, -0.15) is 0 Å². The molecule has 2 rings (SSSR count). The van der Waals surface area contributed by atoms with Crippen LogP contribution in [0.25, 0.3) is 0 Å². The van der Waals surface area contributed by atoms with Gasteiger partial charge in [-0.1, -0.05) is 36.0 Å². The van der Waals surface area contributed by atoms with Crippen LogP contribution < -0.4 is 4.74 Å². The van der Waals surface area contributed by atoms with E-state index in [1.54, 1.807) is 18.2 Å². The van der Waals surface area contributed by atoms with Crippen LogP contribution in [0.1, 0.15) is 32.1 Å². The zero-order valence-electron chi connectivity index (χ0n) is 10.1. The van der Waals surface area contributed by atoms with Crippen molar-refractivity contribution in [2.24, 2.45) is 5.92 Å². The van der Waals surface area contributed by atoms with Gasteiger partial charge in [0.1, 0.15) is 11.5 Å². The second-order valence-corrected chi connectivity index (χ2v) is 5.46. The molecule has 1 fully saturated rings. The molecule has 0 radical (unpaired) electrons. The van der Waals surface area contributed by atoms with Gasteiger partial charge >= 0.3 is 0 Å². The second kappa shape index (κ2) is 6.44. The van der Waals surface area contributed by atoms with E-state index in [-0.39, 0.29) is 5.92 Å². The number of rotatable bonds is 5. The minimum Gasteiger partial charge on any atom is -0.492 e. The Balaban J connectivity index is 1.79. The Morgan fingerprint density at radius 2 is 2.00 bits per heavy atom. The summed E-state index contributed by atoms with van der Waals surface area (Å²) in [4.78, 5) is 11.8. The summed E-state index contributed by atoms with van der Waals surface area (Å²) in [5.41, 5.74) is 0. The molecule has 1 aromatic rings. The molecule has 4 heteroatoms. The molecule has 0 bridgehead atoms. The van der Waals surface area contributed by atoms with Gasteiger partial charge in [0, 0.05) is 17.4 Å². The summed E-state index contributed by atoms with van der Waals surface area (Å²) in [7, 11) is 0. The second-order valence-electron chi connectivity index (χ2n) is 4.62. The summed E-state index contributed by atoms with van der Waals surface area (Å²) in [6, 6.07) is 5.09. The zero-order chi connectivity index (χ0) is 13.0. The van der Waals surface area contributed by atoms with Gasteiger partial charge in [-0.05, 0) is 31.0 Å². The molecule has 1 saturated carbocycles. The first kappa shape index (κ1) is 13.7. The molecule has 1 aliphatic carbocycles. The van der Waals surface area contributed by atoms with Crippen LogP contribution in [0.3, 0.4) is 0 Å². The molecule has 0 unspecified atom stereocenters. The highest BCUT2D eigenvalue weighted by molar-refractivity contribution is 6.35. The molecule has 0 aromatic heterocycles. The average molecular weight is 287 g/mol. The number of carbonyl (C=O) groups excluding carboxylic acids is 1. The molecule has 0 aliphatic heterocycles. The molecule has 98 valence electrons. The molecule has 2 nitrogen and oxygen atoms in total. The topological polar surface area (TPSA) is 26.3 Å². The van der Waals surface area contributed by atoms with Gasteiger partial charge in [0.2, 0.25) is 0 Å². The number of carbonyl (C=O) groups is 1. The zero-order valence-corrected chi connectivity index (χ0v) is 11.6. The number of benzene rings is 1. The van der Waals surface area contributed by atoms with Crippen molar-refractivity contribution < 1.29 is 9.53 Å². The number of ketones is 1. The van der Waals surface area contributed by atoms with Crippen molar-refractivity contribution in [2.75, 3.05) is 6.61 Å². The van der Waals surface area contributed by atoms with Crippen LogP contribution in [0.4, 0.5) is 0 Å². The van der Waals surface area contributed by atoms with Crippen molar-refractivity contribution in [1.29, 1.82) is 0 Å². The Labute approximate surface area is 117 Å². The number of Topliss-reactive ketones (excluding diaryl/α,β-unsaturated/α-hetero) is 1. The van der Waals surface area contributed by atoms with Gasteiger partial charge in [-0.25, -0.2) is 0 Å². The third kappa shape index (κ3) is 3.63. The Bertz CT molecular complexity index is 426. The van der Waals surface area contributed by atoms with E-state index in [0.29, 0.717) is 34.6 Å². The maximum absolute atomic E-state index is 11.8. The van der Waals surface area contributed by atoms with Crippen LogP contribution in [0.5, 0.6) is 5.75 Å². The van der Waals surface area contributed by atoms with Gasteiger partial charge in [0.25, 0.3) is 0 Å². The van der Waals surface area contributed by atoms with E-state index in [1.165, 1.54) is 12.8 Å². The van der Waals surface area contributed by atoms with Gasteiger partial charge in [0.05, 0.1) is 11.6 Å². The predicted molar refractivity (Wildman–Crippen MR) is 73.5 cm³/mol. The highest BCUT2D eigenvalue weighted by Crippen LogP contribution is 2.29. The fraction of sp³-hybridized carbons (Fsp3) is 0.500. The summed E-state index contributed by atoms with van der Waals surface area (Å²) in [5.74, 6) is 1.16. The molecule has 18 heavy (non-hydrogen) atoms. The summed E-state index contributed by atoms with van der Waals surface area (Å²) in [6.45, 7) is 0.386. The van der Waals surface area contributed by atoms with E-state index in [4.69, 9.17) is 27.9 Å². The first-order valence-corrected chi connectivity index (χ1v) is 7.03. The Hall–Kier alpha value is -0.730. The van der Waals surface area contributed by atoms with Crippen LogP contribution in [-0.4, -0.2) is 12.4 Å². The molecule has 0 saturated heterocycles. The van der Waals surface area contributed by atoms with E-state index in [0.717, 1.165) is 12.8 Å². The highest BCUT2D eigenvalue weighted by atomic mass is 35.5. The molecular formula is C14H16Cl2O2. The number of hydrogen-bond acceptors (Lipinski definition) is 2. The van der Waals surface area contributed by atoms with Crippen molar-refractivity contribution in [3.05, 3.63) is 28.2 Å². The molecule has 0 N–H and O–H groups in total. The lowest BCUT2D eigenvalue weighted by atomic mass is 10.0. The van der Waals surface area contributed by atoms with E-state index in [2.05, 4.69) is 0 Å². The molecular weight excluding hydrogens is 271 g/mol. The lowest BCUT2D eigenvalue weighted by Crippen LogP contribution is -2.14. The molecule has 0 heterocycles. The van der Waals surface area contributed by atoms with Gasteiger partial charge in [-0.15, -0.1) is 0 Å². The molecule has 0 amide bonds. The summed E-state index contributed by atoms with van der Waals surface area (Å²) < 4.78 is 5.51. The Morgan fingerprint density at radius 3 is 2.67 bits per heavy atom. The molecule has 1 aliphatic rings. The number of ether oxygens (including phenoxy) is 1. The monoisotopic (exact) mass is 286 g/mol. The van der Waals surface area contributed by atoms with E-state index < -0.39 is 0 Å². The smallest absolute Gasteiger partial charge is 0.139 e. The van der Waals surface area contributed by atoms with Crippen LogP contribution in [0.2, 0.25) is 10.0 Å². The largest absolute Gasteiger partial charge is 0.492 e. The predicted octanol–water partition coefficient (Wildman–Crippen LogP) is 4.52. The highest BCUT2D eigenvalue weighted by Gasteiger charge is 2.22. The third-order valence-electron chi connectivity index (χ3n) is 3.31. The quantitative estimate of drug-likeness (QED) is 0.795. The fourth-order valence-corrected chi connectivity index (χ4v) is 2.77. The van der Waals surface area contributed by atoms with Crippen LogP contribution in [0.15, 0.2) is 18.2 Å². The molecule has 1 aromatic carbocycles. The molecule has 0 spiro atoms. The third-order valence-corrected chi connectivity index (χ3v) is 3.84. The Morgan fingerprint density at radius 1 is 1.28 bits per heavy atom. The van der Waals surface area contributed by atoms with Crippen LogP contribution in [-0.2, 0) is 4.79 Å². The SMILES string of the molecule is O=C(CCOc1ccc(Cl)cc1Cl)C1CCCC1. The lowest BCUT2D eigenvalue weighted by Gasteiger charge is -2.10. The summed E-state index contributed by atoms with van der Waals surface area (Å²) in [6.07, 6.45) is 4.91. The van der Waals surface area contributed by atoms with Gasteiger partial charge in [0.15, 0.2) is 0 Å². The van der Waals surface area contributed by atoms with Crippen LogP contribution >= 0.6 is 23.2 Å². The first-order valence-electron chi connectivity index (χ1n) is 6.27. The van der Waals surface area contributed by atoms with Crippen molar-refractivity contribution in [3.63, 3.8) is 0 Å². The fourth-order valence-electron chi connectivity index (χ4n) is 2.31. The van der Waals surface area contributed by atoms with Crippen molar-refractivity contribution in [2.45, 2.75) is 32.1 Å². The van der Waals surface area contributed by atoms with E-state index in [9.17, 15) is 4.79 Å². The lowest BCUT2D eigenvalue weighted by molar-refractivity contribution is -0.123. The minimum absolute atomic E-state index is 0.259. The molecule has 0 atom stereocenters. The van der Waals surface area contributed by atoms with Gasteiger partial charge < -0.3 is 4.74 Å². The first-order chi connectivity index (χ1) is 8.66. The number of halogens is 2. The number of hydrogen-bond donors (Lipinski definition) is 0. The summed E-state index contributed by atoms with van der Waals surface area (Å²) >= 11 is 11.8. The van der Waals surface area contributed by atoms with E-state index >= 15 is 0 Å². The summed E-state index contributed by atoms with van der Waals surface area (Å²) in [5, 5.41) is 1.06.